The van der Waals surface area contributed by atoms with E-state index in [2.05, 4.69) is 0 Å². The van der Waals surface area contributed by atoms with E-state index in [1.807, 2.05) is 62.4 Å². The van der Waals surface area contributed by atoms with Gasteiger partial charge in [-0.3, -0.25) is 14.2 Å². The molecule has 0 aliphatic rings. The predicted octanol–water partition coefficient (Wildman–Crippen LogP) is 4.22. The molecule has 2 aromatic heterocycles. The maximum atomic E-state index is 13.6. The third-order valence-electron chi connectivity index (χ3n) is 5.84. The maximum absolute atomic E-state index is 13.6. The average Bonchev–Trinajstić information content (AvgIpc) is 3.22. The second kappa shape index (κ2) is 10.8. The number of nitrogens with zero attached hydrogens (tertiary/aromatic N) is 2. The number of para-hydroxylation sites is 1. The molecule has 4 aromatic rings. The van der Waals surface area contributed by atoms with Gasteiger partial charge in [0, 0.05) is 10.4 Å². The molecule has 0 aliphatic carbocycles. The summed E-state index contributed by atoms with van der Waals surface area (Å²) in [6, 6.07) is 15.0. The molecule has 9 heteroatoms. The normalized spacial score (nSPS) is 11.0. The Labute approximate surface area is 212 Å². The first kappa shape index (κ1) is 25.2. The fourth-order valence-electron chi connectivity index (χ4n) is 4.16. The third kappa shape index (κ3) is 4.79. The zero-order valence-corrected chi connectivity index (χ0v) is 21.5. The average molecular weight is 509 g/mol. The van der Waals surface area contributed by atoms with Crippen LogP contribution < -0.4 is 20.7 Å². The van der Waals surface area contributed by atoms with E-state index >= 15 is 0 Å². The minimum atomic E-state index is -0.639. The summed E-state index contributed by atoms with van der Waals surface area (Å²) in [5, 5.41) is 0.405. The molecule has 188 valence electrons. The smallest absolute Gasteiger partial charge is 0.332 e. The van der Waals surface area contributed by atoms with Crippen LogP contribution >= 0.6 is 11.3 Å². The molecule has 0 aliphatic heterocycles. The van der Waals surface area contributed by atoms with Gasteiger partial charge in [-0.05, 0) is 62.2 Å². The highest BCUT2D eigenvalue weighted by Crippen LogP contribution is 2.37. The summed E-state index contributed by atoms with van der Waals surface area (Å²) in [7, 11) is 1.57. The van der Waals surface area contributed by atoms with Crippen molar-refractivity contribution in [3.63, 3.8) is 0 Å². The lowest BCUT2D eigenvalue weighted by Gasteiger charge is -2.14. The zero-order valence-electron chi connectivity index (χ0n) is 20.7. The second-order valence-corrected chi connectivity index (χ2v) is 9.07. The highest BCUT2D eigenvalue weighted by atomic mass is 32.1. The van der Waals surface area contributed by atoms with E-state index in [1.54, 1.807) is 14.0 Å². The van der Waals surface area contributed by atoms with Gasteiger partial charge in [0.25, 0.3) is 5.56 Å². The van der Waals surface area contributed by atoms with Crippen LogP contribution in [0.2, 0.25) is 0 Å². The number of aryl methyl sites for hydroxylation is 1. The van der Waals surface area contributed by atoms with Crippen molar-refractivity contribution in [3.8, 4) is 21.9 Å². The van der Waals surface area contributed by atoms with E-state index in [0.717, 1.165) is 31.9 Å². The third-order valence-corrected chi connectivity index (χ3v) is 7.20. The highest BCUT2D eigenvalue weighted by Gasteiger charge is 2.23. The van der Waals surface area contributed by atoms with Gasteiger partial charge in [0.15, 0.2) is 0 Å². The van der Waals surface area contributed by atoms with Crippen LogP contribution in [-0.4, -0.2) is 35.4 Å². The number of ether oxygens (including phenoxy) is 3. The van der Waals surface area contributed by atoms with Gasteiger partial charge in [0.1, 0.15) is 22.9 Å². The van der Waals surface area contributed by atoms with E-state index in [4.69, 9.17) is 14.2 Å². The van der Waals surface area contributed by atoms with Gasteiger partial charge in [0.2, 0.25) is 0 Å². The Bertz CT molecular complexity index is 1510. The predicted molar refractivity (Wildman–Crippen MR) is 140 cm³/mol. The van der Waals surface area contributed by atoms with Crippen molar-refractivity contribution in [2.45, 2.75) is 33.9 Å². The van der Waals surface area contributed by atoms with Gasteiger partial charge < -0.3 is 14.2 Å². The molecule has 0 spiro atoms. The highest BCUT2D eigenvalue weighted by molar-refractivity contribution is 7.22. The largest absolute Gasteiger partial charge is 0.496 e. The van der Waals surface area contributed by atoms with Crippen LogP contribution in [0, 0.1) is 6.92 Å². The summed E-state index contributed by atoms with van der Waals surface area (Å²) in [5.74, 6) is 0.741. The SMILES string of the molecule is CCOC(=O)Cn1c(=O)c2c(C)c(-c3ccc(OCC)cc3)sc2n(Cc2ccccc2OC)c1=O. The molecule has 0 saturated carbocycles. The molecule has 4 rings (SSSR count). The van der Waals surface area contributed by atoms with Gasteiger partial charge in [-0.15, -0.1) is 11.3 Å². The van der Waals surface area contributed by atoms with Gasteiger partial charge in [-0.1, -0.05) is 18.2 Å². The quantitative estimate of drug-likeness (QED) is 0.315. The minimum absolute atomic E-state index is 0.157. The Kier molecular flexibility index (Phi) is 7.59. The molecule has 36 heavy (non-hydrogen) atoms. The minimum Gasteiger partial charge on any atom is -0.496 e. The summed E-state index contributed by atoms with van der Waals surface area (Å²) in [6.45, 7) is 5.90. The number of aromatic nitrogens is 2. The molecule has 8 nitrogen and oxygen atoms in total. The molecule has 0 atom stereocenters. The van der Waals surface area contributed by atoms with Crippen LogP contribution in [0.3, 0.4) is 0 Å². The fourth-order valence-corrected chi connectivity index (χ4v) is 5.46. The molecular formula is C27H28N2O6S. The summed E-state index contributed by atoms with van der Waals surface area (Å²) in [6.07, 6.45) is 0. The monoisotopic (exact) mass is 508 g/mol. The number of esters is 1. The summed E-state index contributed by atoms with van der Waals surface area (Å²) >= 11 is 1.37. The number of fused-ring (bicyclic) bond motifs is 1. The summed E-state index contributed by atoms with van der Waals surface area (Å²) in [5.41, 5.74) is 1.34. The van der Waals surface area contributed by atoms with E-state index in [-0.39, 0.29) is 13.2 Å². The molecule has 0 N–H and O–H groups in total. The van der Waals surface area contributed by atoms with E-state index in [9.17, 15) is 14.4 Å². The van der Waals surface area contributed by atoms with E-state index < -0.39 is 23.8 Å². The molecule has 0 fully saturated rings. The van der Waals surface area contributed by atoms with Crippen molar-refractivity contribution in [1.82, 2.24) is 9.13 Å². The second-order valence-electron chi connectivity index (χ2n) is 8.07. The Morgan fingerprint density at radius 3 is 2.36 bits per heavy atom. The molecule has 0 amide bonds. The van der Waals surface area contributed by atoms with E-state index in [1.165, 1.54) is 15.9 Å². The molecule has 0 bridgehead atoms. The van der Waals surface area contributed by atoms with Gasteiger partial charge in [0.05, 0.1) is 32.3 Å². The Morgan fingerprint density at radius 1 is 0.972 bits per heavy atom. The topological polar surface area (TPSA) is 88.8 Å². The Hall–Kier alpha value is -3.85. The number of methoxy groups -OCH3 is 1. The first-order chi connectivity index (χ1) is 17.4. The Balaban J connectivity index is 1.95. The van der Waals surface area contributed by atoms with Crippen LogP contribution in [0.15, 0.2) is 58.1 Å². The van der Waals surface area contributed by atoms with Crippen molar-refractivity contribution in [3.05, 3.63) is 80.5 Å². The van der Waals surface area contributed by atoms with Crippen LogP contribution in [0.1, 0.15) is 25.0 Å². The zero-order chi connectivity index (χ0) is 25.8. The number of carbonyl (C=O) groups excluding carboxylic acids is 1. The molecular weight excluding hydrogens is 480 g/mol. The first-order valence-corrected chi connectivity index (χ1v) is 12.5. The number of thiophene rings is 1. The van der Waals surface area contributed by atoms with Crippen molar-refractivity contribution >= 4 is 27.5 Å². The van der Waals surface area contributed by atoms with Gasteiger partial charge in [-0.2, -0.15) is 0 Å². The van der Waals surface area contributed by atoms with Crippen LogP contribution in [-0.2, 0) is 22.6 Å². The van der Waals surface area contributed by atoms with Gasteiger partial charge in [-0.25, -0.2) is 9.36 Å². The van der Waals surface area contributed by atoms with Gasteiger partial charge >= 0.3 is 11.7 Å². The number of rotatable bonds is 9. The number of hydrogen-bond donors (Lipinski definition) is 0. The first-order valence-electron chi connectivity index (χ1n) is 11.7. The van der Waals surface area contributed by atoms with Crippen molar-refractivity contribution in [2.24, 2.45) is 0 Å². The lowest BCUT2D eigenvalue weighted by Crippen LogP contribution is -2.42. The number of benzene rings is 2. The summed E-state index contributed by atoms with van der Waals surface area (Å²) < 4.78 is 18.5. The molecule has 0 unspecified atom stereocenters. The fraction of sp³-hybridized carbons (Fsp3) is 0.296. The Morgan fingerprint density at radius 2 is 1.69 bits per heavy atom. The maximum Gasteiger partial charge on any atom is 0.332 e. The molecule has 0 radical (unpaired) electrons. The number of hydrogen-bond acceptors (Lipinski definition) is 7. The lowest BCUT2D eigenvalue weighted by atomic mass is 10.1. The molecule has 0 saturated heterocycles. The van der Waals surface area contributed by atoms with Crippen molar-refractivity contribution < 1.29 is 19.0 Å². The van der Waals surface area contributed by atoms with E-state index in [0.29, 0.717) is 22.6 Å². The van der Waals surface area contributed by atoms with Crippen LogP contribution in [0.25, 0.3) is 20.7 Å². The number of carbonyl (C=O) groups is 1. The van der Waals surface area contributed by atoms with Crippen LogP contribution in [0.4, 0.5) is 0 Å². The standard InChI is InChI=1S/C27H28N2O6S/c1-5-34-20-13-11-18(12-14-20)24-17(3)23-25(31)28(16-22(30)35-6-2)27(32)29(26(23)36-24)15-19-9-7-8-10-21(19)33-4/h7-14H,5-6,15-16H2,1-4H3. The van der Waals surface area contributed by atoms with Crippen molar-refractivity contribution in [2.75, 3.05) is 20.3 Å². The molecule has 2 heterocycles. The lowest BCUT2D eigenvalue weighted by molar-refractivity contribution is -0.143. The summed E-state index contributed by atoms with van der Waals surface area (Å²) in [4.78, 5) is 40.8. The van der Waals surface area contributed by atoms with Crippen molar-refractivity contribution in [1.29, 1.82) is 0 Å². The molecule has 2 aromatic carbocycles. The van der Waals surface area contributed by atoms with Crippen LogP contribution in [0.5, 0.6) is 11.5 Å².